The summed E-state index contributed by atoms with van der Waals surface area (Å²) in [5, 5.41) is 1.99. The van der Waals surface area contributed by atoms with Crippen LogP contribution >= 0.6 is 11.3 Å². The molecule has 0 aliphatic carbocycles. The highest BCUT2D eigenvalue weighted by atomic mass is 32.1. The molecule has 3 aromatic rings. The molecule has 2 nitrogen and oxygen atoms in total. The van der Waals surface area contributed by atoms with E-state index in [0.29, 0.717) is 12.0 Å². The van der Waals surface area contributed by atoms with E-state index in [4.69, 9.17) is 0 Å². The molecule has 2 heterocycles. The Labute approximate surface area is 115 Å². The predicted octanol–water partition coefficient (Wildman–Crippen LogP) is 4.03. The second-order valence-corrected chi connectivity index (χ2v) is 5.56. The van der Waals surface area contributed by atoms with Crippen molar-refractivity contribution >= 4 is 27.3 Å². The summed E-state index contributed by atoms with van der Waals surface area (Å²) in [7, 11) is 0. The molecule has 0 bridgehead atoms. The fraction of sp³-hybridized carbons (Fsp3) is 0.125. The summed E-state index contributed by atoms with van der Waals surface area (Å²) in [5.74, 6) is 0.119. The molecule has 0 spiro atoms. The number of fused-ring (bicyclic) bond motifs is 1. The monoisotopic (exact) mass is 267 g/mol. The molecule has 0 atom stereocenters. The van der Waals surface area contributed by atoms with E-state index in [9.17, 15) is 4.79 Å². The van der Waals surface area contributed by atoms with Crippen LogP contribution < -0.4 is 0 Å². The Bertz CT molecular complexity index is 745. The van der Waals surface area contributed by atoms with E-state index in [0.717, 1.165) is 15.8 Å². The Hall–Kier alpha value is -2.00. The molecular weight excluding hydrogens is 254 g/mol. The second-order valence-electron chi connectivity index (χ2n) is 4.62. The molecule has 19 heavy (non-hydrogen) atoms. The summed E-state index contributed by atoms with van der Waals surface area (Å²) in [4.78, 5) is 16.6. The van der Waals surface area contributed by atoms with Gasteiger partial charge >= 0.3 is 0 Å². The van der Waals surface area contributed by atoms with Gasteiger partial charge in [0, 0.05) is 18.2 Å². The number of hydrogen-bond donors (Lipinski definition) is 0. The van der Waals surface area contributed by atoms with Gasteiger partial charge < -0.3 is 0 Å². The highest BCUT2D eigenvalue weighted by Crippen LogP contribution is 2.20. The number of ketones is 1. The first-order chi connectivity index (χ1) is 9.22. The molecule has 0 N–H and O–H groups in total. The number of thiophene rings is 1. The Morgan fingerprint density at radius 3 is 3.00 bits per heavy atom. The number of carbonyl (C=O) groups is 1. The van der Waals surface area contributed by atoms with Gasteiger partial charge in [0.15, 0.2) is 5.78 Å². The average molecular weight is 267 g/mol. The van der Waals surface area contributed by atoms with E-state index in [1.54, 1.807) is 17.5 Å². The number of aromatic nitrogens is 1. The van der Waals surface area contributed by atoms with Crippen LogP contribution in [0.5, 0.6) is 0 Å². The third-order valence-electron chi connectivity index (χ3n) is 3.07. The molecule has 0 amide bonds. The highest BCUT2D eigenvalue weighted by Gasteiger charge is 2.09. The quantitative estimate of drug-likeness (QED) is 0.671. The third kappa shape index (κ3) is 2.56. The van der Waals surface area contributed by atoms with Crippen molar-refractivity contribution in [1.82, 2.24) is 4.98 Å². The van der Waals surface area contributed by atoms with Crippen LogP contribution in [0.25, 0.3) is 10.2 Å². The lowest BCUT2D eigenvalue weighted by molar-refractivity contribution is 0.0993. The summed E-state index contributed by atoms with van der Waals surface area (Å²) < 4.78 is 1.06. The predicted molar refractivity (Wildman–Crippen MR) is 78.8 cm³/mol. The molecule has 3 rings (SSSR count). The maximum atomic E-state index is 12.3. The number of nitrogens with zero attached hydrogens (tertiary/aromatic N) is 1. The average Bonchev–Trinajstić information content (AvgIpc) is 2.85. The van der Waals surface area contributed by atoms with Gasteiger partial charge in [0.2, 0.25) is 0 Å². The number of Topliss-reactive ketones (excluding diaryl/α,β-unsaturated/α-hetero) is 1. The van der Waals surface area contributed by atoms with Crippen LogP contribution in [0.3, 0.4) is 0 Å². The van der Waals surface area contributed by atoms with Gasteiger partial charge in [0.1, 0.15) is 0 Å². The fourth-order valence-electron chi connectivity index (χ4n) is 2.11. The van der Waals surface area contributed by atoms with Crippen LogP contribution in [0.1, 0.15) is 21.5 Å². The lowest BCUT2D eigenvalue weighted by Crippen LogP contribution is -2.04. The molecule has 0 unspecified atom stereocenters. The van der Waals surface area contributed by atoms with Crippen molar-refractivity contribution < 1.29 is 4.79 Å². The number of aryl methyl sites for hydroxylation is 1. The number of carbonyl (C=O) groups excluding carboxylic acids is 1. The van der Waals surface area contributed by atoms with E-state index >= 15 is 0 Å². The lowest BCUT2D eigenvalue weighted by Gasteiger charge is -2.02. The molecule has 0 aliphatic heterocycles. The lowest BCUT2D eigenvalue weighted by atomic mass is 10.0. The summed E-state index contributed by atoms with van der Waals surface area (Å²) in [6.45, 7) is 2.03. The third-order valence-corrected chi connectivity index (χ3v) is 3.92. The van der Waals surface area contributed by atoms with Crippen molar-refractivity contribution in [3.8, 4) is 0 Å². The van der Waals surface area contributed by atoms with Crippen molar-refractivity contribution in [2.45, 2.75) is 13.3 Å². The minimum Gasteiger partial charge on any atom is -0.294 e. The van der Waals surface area contributed by atoms with Crippen molar-refractivity contribution in [2.24, 2.45) is 0 Å². The fourth-order valence-corrected chi connectivity index (χ4v) is 2.89. The normalized spacial score (nSPS) is 10.8. The maximum absolute atomic E-state index is 12.3. The van der Waals surface area contributed by atoms with E-state index in [2.05, 4.69) is 11.1 Å². The van der Waals surface area contributed by atoms with Crippen LogP contribution in [0.2, 0.25) is 0 Å². The molecule has 2 aromatic heterocycles. The zero-order chi connectivity index (χ0) is 13.2. The molecule has 0 saturated heterocycles. The van der Waals surface area contributed by atoms with Gasteiger partial charge in [0.25, 0.3) is 0 Å². The molecule has 0 radical (unpaired) electrons. The molecule has 1 aromatic carbocycles. The molecular formula is C16H13NOS. The molecule has 0 aliphatic rings. The largest absolute Gasteiger partial charge is 0.294 e. The number of benzene rings is 1. The number of pyridine rings is 1. The molecule has 0 fully saturated rings. The summed E-state index contributed by atoms with van der Waals surface area (Å²) in [5.41, 5.74) is 3.88. The summed E-state index contributed by atoms with van der Waals surface area (Å²) >= 11 is 1.61. The van der Waals surface area contributed by atoms with Crippen molar-refractivity contribution in [2.75, 3.05) is 0 Å². The van der Waals surface area contributed by atoms with Crippen molar-refractivity contribution in [3.63, 3.8) is 0 Å². The van der Waals surface area contributed by atoms with Crippen molar-refractivity contribution in [1.29, 1.82) is 0 Å². The van der Waals surface area contributed by atoms with Gasteiger partial charge in [-0.3, -0.25) is 9.78 Å². The van der Waals surface area contributed by atoms with Gasteiger partial charge in [-0.15, -0.1) is 11.3 Å². The zero-order valence-electron chi connectivity index (χ0n) is 10.6. The first-order valence-corrected chi connectivity index (χ1v) is 7.02. The highest BCUT2D eigenvalue weighted by molar-refractivity contribution is 7.17. The van der Waals surface area contributed by atoms with Gasteiger partial charge in [-0.1, -0.05) is 29.8 Å². The minimum atomic E-state index is 0.119. The van der Waals surface area contributed by atoms with Crippen LogP contribution in [0, 0.1) is 6.92 Å². The van der Waals surface area contributed by atoms with E-state index in [-0.39, 0.29) is 5.78 Å². The Morgan fingerprint density at radius 1 is 1.26 bits per heavy atom. The molecule has 94 valence electrons. The van der Waals surface area contributed by atoms with Gasteiger partial charge in [-0.25, -0.2) is 0 Å². The topological polar surface area (TPSA) is 30.0 Å². The van der Waals surface area contributed by atoms with Gasteiger partial charge in [-0.05, 0) is 30.0 Å². The molecule has 3 heteroatoms. The SMILES string of the molecule is Cc1cccc(CC(=O)c2cnc3ccsc3c2)c1. The summed E-state index contributed by atoms with van der Waals surface area (Å²) in [6, 6.07) is 12.0. The van der Waals surface area contributed by atoms with Crippen molar-refractivity contribution in [3.05, 3.63) is 64.7 Å². The van der Waals surface area contributed by atoms with Gasteiger partial charge in [-0.2, -0.15) is 0 Å². The van der Waals surface area contributed by atoms with E-state index in [1.807, 2.05) is 42.6 Å². The zero-order valence-corrected chi connectivity index (χ0v) is 11.4. The van der Waals surface area contributed by atoms with E-state index in [1.165, 1.54) is 5.56 Å². The van der Waals surface area contributed by atoms with Crippen LogP contribution in [-0.4, -0.2) is 10.8 Å². The Balaban J connectivity index is 1.87. The van der Waals surface area contributed by atoms with Crippen LogP contribution in [0.4, 0.5) is 0 Å². The molecule has 0 saturated carbocycles. The first-order valence-electron chi connectivity index (χ1n) is 6.14. The minimum absolute atomic E-state index is 0.119. The Morgan fingerprint density at radius 2 is 2.16 bits per heavy atom. The second kappa shape index (κ2) is 4.94. The summed E-state index contributed by atoms with van der Waals surface area (Å²) in [6.07, 6.45) is 2.10. The first kappa shape index (κ1) is 12.1. The van der Waals surface area contributed by atoms with Crippen LogP contribution in [-0.2, 0) is 6.42 Å². The standard InChI is InChI=1S/C16H13NOS/c1-11-3-2-4-12(7-11)8-15(18)13-9-16-14(17-10-13)5-6-19-16/h2-7,9-10H,8H2,1H3. The smallest absolute Gasteiger partial charge is 0.168 e. The maximum Gasteiger partial charge on any atom is 0.168 e. The van der Waals surface area contributed by atoms with E-state index < -0.39 is 0 Å². The number of rotatable bonds is 3. The van der Waals surface area contributed by atoms with Gasteiger partial charge in [0.05, 0.1) is 10.2 Å². The number of hydrogen-bond acceptors (Lipinski definition) is 3. The Kier molecular flexibility index (Phi) is 3.13. The van der Waals surface area contributed by atoms with Crippen LogP contribution in [0.15, 0.2) is 48.0 Å².